The number of anilines is 1. The van der Waals surface area contributed by atoms with Crippen molar-refractivity contribution in [1.29, 1.82) is 0 Å². The molecule has 1 aromatic carbocycles. The number of halogens is 1. The molecular weight excluding hydrogens is 362 g/mol. The normalized spacial score (nSPS) is 14.7. The molecule has 0 radical (unpaired) electrons. The largest absolute Gasteiger partial charge is 0.459 e. The van der Waals surface area contributed by atoms with Crippen LogP contribution in [0.1, 0.15) is 10.6 Å². The molecule has 2 heterocycles. The first-order chi connectivity index (χ1) is 11.1. The summed E-state index contributed by atoms with van der Waals surface area (Å²) in [5.74, 6) is 0.192. The Kier molecular flexibility index (Phi) is 4.66. The van der Waals surface area contributed by atoms with Gasteiger partial charge in [-0.05, 0) is 40.2 Å². The van der Waals surface area contributed by atoms with Crippen LogP contribution in [0.15, 0.2) is 51.6 Å². The summed E-state index contributed by atoms with van der Waals surface area (Å²) in [6, 6.07) is 10.6. The van der Waals surface area contributed by atoms with Crippen LogP contribution in [0, 0.1) is 0 Å². The van der Waals surface area contributed by atoms with Crippen molar-refractivity contribution in [3.05, 3.63) is 52.9 Å². The number of para-hydroxylation sites is 1. The summed E-state index contributed by atoms with van der Waals surface area (Å²) in [6.45, 7) is 1.96. The third-order valence-corrected chi connectivity index (χ3v) is 4.39. The van der Waals surface area contributed by atoms with Gasteiger partial charge in [0.05, 0.1) is 12.0 Å². The van der Waals surface area contributed by atoms with Gasteiger partial charge in [-0.15, -0.1) is 0 Å². The molecule has 1 aromatic heterocycles. The lowest BCUT2D eigenvalue weighted by Crippen LogP contribution is -2.51. The van der Waals surface area contributed by atoms with Gasteiger partial charge in [-0.3, -0.25) is 4.79 Å². The third kappa shape index (κ3) is 3.56. The van der Waals surface area contributed by atoms with E-state index >= 15 is 0 Å². The summed E-state index contributed by atoms with van der Waals surface area (Å²) in [7, 11) is 0. The molecule has 0 unspecified atom stereocenters. The molecule has 7 heteroatoms. The van der Waals surface area contributed by atoms with Crippen molar-refractivity contribution in [1.82, 2.24) is 9.80 Å². The monoisotopic (exact) mass is 377 g/mol. The summed E-state index contributed by atoms with van der Waals surface area (Å²) < 4.78 is 5.96. The number of hydrogen-bond acceptors (Lipinski definition) is 3. The van der Waals surface area contributed by atoms with Gasteiger partial charge in [0.25, 0.3) is 5.91 Å². The van der Waals surface area contributed by atoms with Gasteiger partial charge in [-0.2, -0.15) is 0 Å². The average molecular weight is 378 g/mol. The van der Waals surface area contributed by atoms with Crippen LogP contribution in [0.25, 0.3) is 0 Å². The van der Waals surface area contributed by atoms with E-state index in [9.17, 15) is 9.59 Å². The van der Waals surface area contributed by atoms with Gasteiger partial charge in [-0.1, -0.05) is 12.1 Å². The summed E-state index contributed by atoms with van der Waals surface area (Å²) in [4.78, 5) is 27.9. The lowest BCUT2D eigenvalue weighted by molar-refractivity contribution is 0.0640. The number of carbonyl (C=O) groups excluding carboxylic acids is 2. The highest BCUT2D eigenvalue weighted by Crippen LogP contribution is 2.21. The Bertz CT molecular complexity index is 694. The fourth-order valence-electron chi connectivity index (χ4n) is 2.43. The van der Waals surface area contributed by atoms with Crippen molar-refractivity contribution >= 4 is 33.6 Å². The van der Waals surface area contributed by atoms with E-state index in [2.05, 4.69) is 21.2 Å². The van der Waals surface area contributed by atoms with Crippen molar-refractivity contribution in [3.63, 3.8) is 0 Å². The maximum absolute atomic E-state index is 12.3. The third-order valence-electron chi connectivity index (χ3n) is 3.70. The molecule has 0 atom stereocenters. The van der Waals surface area contributed by atoms with Crippen LogP contribution >= 0.6 is 15.9 Å². The molecule has 23 heavy (non-hydrogen) atoms. The molecule has 0 spiro atoms. The Morgan fingerprint density at radius 3 is 2.35 bits per heavy atom. The lowest BCUT2D eigenvalue weighted by Gasteiger charge is -2.34. The minimum absolute atomic E-state index is 0.138. The molecule has 1 aliphatic heterocycles. The zero-order valence-electron chi connectivity index (χ0n) is 12.4. The van der Waals surface area contributed by atoms with E-state index in [1.165, 1.54) is 6.26 Å². The first-order valence-electron chi connectivity index (χ1n) is 7.28. The standard InChI is InChI=1S/C16H16BrN3O3/c17-12-4-1-2-5-13(12)18-16(22)20-9-7-19(8-10-20)15(21)14-6-3-11-23-14/h1-6,11H,7-10H2,(H,18,22). The van der Waals surface area contributed by atoms with Crippen LogP contribution in [-0.4, -0.2) is 47.9 Å². The predicted octanol–water partition coefficient (Wildman–Crippen LogP) is 3.03. The molecule has 1 aliphatic rings. The number of amides is 3. The van der Waals surface area contributed by atoms with E-state index in [-0.39, 0.29) is 11.9 Å². The molecule has 0 bridgehead atoms. The van der Waals surface area contributed by atoms with Gasteiger partial charge in [0.1, 0.15) is 0 Å². The second-order valence-electron chi connectivity index (χ2n) is 5.17. The molecule has 0 saturated carbocycles. The number of nitrogens with one attached hydrogen (secondary N) is 1. The van der Waals surface area contributed by atoms with Crippen molar-refractivity contribution in [3.8, 4) is 0 Å². The first-order valence-corrected chi connectivity index (χ1v) is 8.07. The Hall–Kier alpha value is -2.28. The molecule has 120 valence electrons. The van der Waals surface area contributed by atoms with Crippen LogP contribution in [0.2, 0.25) is 0 Å². The van der Waals surface area contributed by atoms with E-state index in [0.717, 1.165) is 10.2 Å². The Morgan fingerprint density at radius 1 is 1.00 bits per heavy atom. The summed E-state index contributed by atoms with van der Waals surface area (Å²) in [5.41, 5.74) is 0.728. The SMILES string of the molecule is O=C(Nc1ccccc1Br)N1CCN(C(=O)c2ccco2)CC1. The number of rotatable bonds is 2. The number of hydrogen-bond donors (Lipinski definition) is 1. The first kappa shape index (κ1) is 15.6. The van der Waals surface area contributed by atoms with Crippen LogP contribution in [-0.2, 0) is 0 Å². The van der Waals surface area contributed by atoms with Crippen LogP contribution in [0.5, 0.6) is 0 Å². The second-order valence-corrected chi connectivity index (χ2v) is 6.02. The van der Waals surface area contributed by atoms with E-state index in [0.29, 0.717) is 31.9 Å². The number of urea groups is 1. The smallest absolute Gasteiger partial charge is 0.321 e. The number of carbonyl (C=O) groups is 2. The molecule has 1 N–H and O–H groups in total. The van der Waals surface area contributed by atoms with Gasteiger partial charge in [-0.25, -0.2) is 4.79 Å². The van der Waals surface area contributed by atoms with Crippen LogP contribution in [0.4, 0.5) is 10.5 Å². The number of piperazine rings is 1. The molecular formula is C16H16BrN3O3. The van der Waals surface area contributed by atoms with Crippen molar-refractivity contribution < 1.29 is 14.0 Å². The van der Waals surface area contributed by atoms with Crippen molar-refractivity contribution in [2.75, 3.05) is 31.5 Å². The number of nitrogens with zero attached hydrogens (tertiary/aromatic N) is 2. The van der Waals surface area contributed by atoms with Gasteiger partial charge in [0, 0.05) is 30.7 Å². The zero-order chi connectivity index (χ0) is 16.2. The zero-order valence-corrected chi connectivity index (χ0v) is 14.0. The maximum Gasteiger partial charge on any atom is 0.321 e. The number of benzene rings is 1. The van der Waals surface area contributed by atoms with Crippen molar-refractivity contribution in [2.24, 2.45) is 0 Å². The highest BCUT2D eigenvalue weighted by atomic mass is 79.9. The highest BCUT2D eigenvalue weighted by molar-refractivity contribution is 9.10. The van der Waals surface area contributed by atoms with E-state index in [1.54, 1.807) is 21.9 Å². The molecule has 1 saturated heterocycles. The predicted molar refractivity (Wildman–Crippen MR) is 89.3 cm³/mol. The molecule has 3 amide bonds. The highest BCUT2D eigenvalue weighted by Gasteiger charge is 2.26. The Labute approximate surface area is 142 Å². The van der Waals surface area contributed by atoms with E-state index < -0.39 is 0 Å². The fraction of sp³-hybridized carbons (Fsp3) is 0.250. The molecule has 2 aromatic rings. The summed E-state index contributed by atoms with van der Waals surface area (Å²) >= 11 is 3.40. The Morgan fingerprint density at radius 2 is 1.70 bits per heavy atom. The van der Waals surface area contributed by atoms with Gasteiger partial charge in [0.2, 0.25) is 0 Å². The fourth-order valence-corrected chi connectivity index (χ4v) is 2.81. The van der Waals surface area contributed by atoms with Crippen LogP contribution < -0.4 is 5.32 Å². The van der Waals surface area contributed by atoms with E-state index in [4.69, 9.17) is 4.42 Å². The van der Waals surface area contributed by atoms with Gasteiger partial charge in [0.15, 0.2) is 5.76 Å². The minimum Gasteiger partial charge on any atom is -0.459 e. The van der Waals surface area contributed by atoms with Gasteiger partial charge < -0.3 is 19.5 Å². The van der Waals surface area contributed by atoms with Crippen LogP contribution in [0.3, 0.4) is 0 Å². The molecule has 1 fully saturated rings. The van der Waals surface area contributed by atoms with E-state index in [1.807, 2.05) is 24.3 Å². The average Bonchev–Trinajstić information content (AvgIpc) is 3.11. The summed E-state index contributed by atoms with van der Waals surface area (Å²) in [6.07, 6.45) is 1.48. The maximum atomic E-state index is 12.3. The number of furan rings is 1. The topological polar surface area (TPSA) is 65.8 Å². The summed E-state index contributed by atoms with van der Waals surface area (Å²) in [5, 5.41) is 2.87. The Balaban J connectivity index is 1.55. The molecule has 0 aliphatic carbocycles. The minimum atomic E-state index is -0.165. The quantitative estimate of drug-likeness (QED) is 0.874. The van der Waals surface area contributed by atoms with Crippen molar-refractivity contribution in [2.45, 2.75) is 0 Å². The van der Waals surface area contributed by atoms with Gasteiger partial charge >= 0.3 is 6.03 Å². The molecule has 6 nitrogen and oxygen atoms in total. The molecule has 3 rings (SSSR count). The lowest BCUT2D eigenvalue weighted by atomic mass is 10.3. The second kappa shape index (κ2) is 6.87.